The number of nitrogens with two attached hydrogens (primary N) is 1. The highest BCUT2D eigenvalue weighted by atomic mass is 32.1. The first-order chi connectivity index (χ1) is 7.81. The van der Waals surface area contributed by atoms with Gasteiger partial charge in [0.2, 0.25) is 0 Å². The summed E-state index contributed by atoms with van der Waals surface area (Å²) in [5, 5.41) is 0.726. The molecule has 1 saturated heterocycles. The van der Waals surface area contributed by atoms with E-state index in [1.165, 1.54) is 49.6 Å². The van der Waals surface area contributed by atoms with Gasteiger partial charge in [-0.15, -0.1) is 11.3 Å². The zero-order chi connectivity index (χ0) is 11.0. The van der Waals surface area contributed by atoms with E-state index < -0.39 is 0 Å². The Bertz CT molecular complexity index is 347. The van der Waals surface area contributed by atoms with Gasteiger partial charge in [0.1, 0.15) is 0 Å². The minimum Gasteiger partial charge on any atom is -0.375 e. The average molecular weight is 238 g/mol. The highest BCUT2D eigenvalue weighted by Crippen LogP contribution is 2.29. The molecule has 2 aliphatic rings. The van der Waals surface area contributed by atoms with Gasteiger partial charge in [-0.05, 0) is 25.9 Å². The van der Waals surface area contributed by atoms with E-state index in [-0.39, 0.29) is 0 Å². The summed E-state index contributed by atoms with van der Waals surface area (Å²) in [5.74, 6) is 0. The number of anilines is 1. The van der Waals surface area contributed by atoms with Crippen molar-refractivity contribution in [3.05, 3.63) is 10.6 Å². The lowest BCUT2D eigenvalue weighted by atomic mass is 10.4. The van der Waals surface area contributed by atoms with E-state index in [9.17, 15) is 0 Å². The van der Waals surface area contributed by atoms with E-state index in [1.807, 2.05) is 0 Å². The Morgan fingerprint density at radius 1 is 1.12 bits per heavy atom. The molecule has 5 heteroatoms. The molecule has 0 radical (unpaired) electrons. The van der Waals surface area contributed by atoms with Crippen LogP contribution in [0.3, 0.4) is 0 Å². The van der Waals surface area contributed by atoms with Crippen LogP contribution in [0, 0.1) is 0 Å². The second kappa shape index (κ2) is 4.31. The summed E-state index contributed by atoms with van der Waals surface area (Å²) in [6.45, 7) is 7.02. The van der Waals surface area contributed by atoms with Crippen LogP contribution in [0.5, 0.6) is 0 Å². The maximum Gasteiger partial charge on any atom is 0.180 e. The van der Waals surface area contributed by atoms with Crippen LogP contribution in [0.15, 0.2) is 0 Å². The third-order valence-corrected chi connectivity index (χ3v) is 4.38. The third-order valence-electron chi connectivity index (χ3n) is 3.47. The normalized spacial score (nSPS) is 21.8. The highest BCUT2D eigenvalue weighted by Gasteiger charge is 2.23. The molecule has 2 N–H and O–H groups in total. The van der Waals surface area contributed by atoms with Crippen molar-refractivity contribution >= 4 is 16.5 Å². The molecule has 0 amide bonds. The molecule has 0 spiro atoms. The molecule has 0 aliphatic carbocycles. The first-order valence-corrected chi connectivity index (χ1v) is 6.82. The van der Waals surface area contributed by atoms with Gasteiger partial charge in [0.15, 0.2) is 5.13 Å². The number of thiazole rings is 1. The Morgan fingerprint density at radius 3 is 2.62 bits per heavy atom. The lowest BCUT2D eigenvalue weighted by Crippen LogP contribution is -2.30. The van der Waals surface area contributed by atoms with E-state index in [2.05, 4.69) is 14.8 Å². The molecule has 0 aromatic carbocycles. The second-order valence-corrected chi connectivity index (χ2v) is 5.80. The van der Waals surface area contributed by atoms with Crippen LogP contribution < -0.4 is 5.73 Å². The molecule has 1 aromatic rings. The number of likely N-dealkylation sites (tertiary alicyclic amines) is 1. The summed E-state index contributed by atoms with van der Waals surface area (Å²) >= 11 is 1.65. The zero-order valence-electron chi connectivity index (χ0n) is 9.48. The molecule has 3 heterocycles. The smallest absolute Gasteiger partial charge is 0.180 e. The van der Waals surface area contributed by atoms with Crippen molar-refractivity contribution in [3.8, 4) is 0 Å². The summed E-state index contributed by atoms with van der Waals surface area (Å²) in [5.41, 5.74) is 6.90. The topological polar surface area (TPSA) is 45.4 Å². The van der Waals surface area contributed by atoms with Crippen LogP contribution in [-0.2, 0) is 13.1 Å². The molecule has 0 atom stereocenters. The van der Waals surface area contributed by atoms with Gasteiger partial charge >= 0.3 is 0 Å². The van der Waals surface area contributed by atoms with Crippen molar-refractivity contribution in [1.82, 2.24) is 14.8 Å². The first kappa shape index (κ1) is 10.5. The summed E-state index contributed by atoms with van der Waals surface area (Å²) in [7, 11) is 0. The van der Waals surface area contributed by atoms with Gasteiger partial charge < -0.3 is 10.6 Å². The van der Waals surface area contributed by atoms with Gasteiger partial charge in [0, 0.05) is 31.1 Å². The number of hydrogen-bond acceptors (Lipinski definition) is 5. The highest BCUT2D eigenvalue weighted by molar-refractivity contribution is 7.15. The summed E-state index contributed by atoms with van der Waals surface area (Å²) in [4.78, 5) is 10.8. The fourth-order valence-corrected chi connectivity index (χ4v) is 3.45. The van der Waals surface area contributed by atoms with Gasteiger partial charge in [-0.2, -0.15) is 0 Å². The summed E-state index contributed by atoms with van der Waals surface area (Å²) in [6.07, 6.45) is 2.76. The number of fused-ring (bicyclic) bond motifs is 1. The molecular weight excluding hydrogens is 220 g/mol. The van der Waals surface area contributed by atoms with Crippen LogP contribution in [-0.4, -0.2) is 41.0 Å². The van der Waals surface area contributed by atoms with Gasteiger partial charge in [0.05, 0.1) is 5.69 Å². The average Bonchev–Trinajstić information content (AvgIpc) is 2.88. The standard InChI is InChI=1S/C11H18N4S/c12-11-13-9-7-15(8-10(9)16-11)6-5-14-3-1-2-4-14/h1-8H2,(H2,12,13). The van der Waals surface area contributed by atoms with Crippen molar-refractivity contribution in [3.63, 3.8) is 0 Å². The van der Waals surface area contributed by atoms with Crippen molar-refractivity contribution in [1.29, 1.82) is 0 Å². The Labute approximate surface area is 100 Å². The second-order valence-electron chi connectivity index (χ2n) is 4.68. The molecule has 1 fully saturated rings. The van der Waals surface area contributed by atoms with Crippen molar-refractivity contribution in [2.24, 2.45) is 0 Å². The number of rotatable bonds is 3. The maximum absolute atomic E-state index is 5.69. The molecule has 16 heavy (non-hydrogen) atoms. The van der Waals surface area contributed by atoms with Crippen LogP contribution in [0.2, 0.25) is 0 Å². The minimum absolute atomic E-state index is 0.726. The largest absolute Gasteiger partial charge is 0.375 e. The van der Waals surface area contributed by atoms with E-state index in [4.69, 9.17) is 5.73 Å². The van der Waals surface area contributed by atoms with Crippen molar-refractivity contribution < 1.29 is 0 Å². The molecule has 3 rings (SSSR count). The van der Waals surface area contributed by atoms with E-state index in [0.717, 1.165) is 18.2 Å². The predicted octanol–water partition coefficient (Wildman–Crippen LogP) is 1.14. The molecule has 88 valence electrons. The maximum atomic E-state index is 5.69. The number of hydrogen-bond donors (Lipinski definition) is 1. The molecule has 1 aromatic heterocycles. The number of aromatic nitrogens is 1. The number of nitrogen functional groups attached to an aromatic ring is 1. The lowest BCUT2D eigenvalue weighted by Gasteiger charge is -2.20. The van der Waals surface area contributed by atoms with Gasteiger partial charge in [0.25, 0.3) is 0 Å². The molecule has 0 unspecified atom stereocenters. The monoisotopic (exact) mass is 238 g/mol. The lowest BCUT2D eigenvalue weighted by molar-refractivity contribution is 0.228. The van der Waals surface area contributed by atoms with Crippen molar-refractivity contribution in [2.45, 2.75) is 25.9 Å². The molecule has 0 bridgehead atoms. The quantitative estimate of drug-likeness (QED) is 0.857. The van der Waals surface area contributed by atoms with Gasteiger partial charge in [-0.1, -0.05) is 0 Å². The van der Waals surface area contributed by atoms with Gasteiger partial charge in [-0.3, -0.25) is 4.90 Å². The van der Waals surface area contributed by atoms with E-state index in [0.29, 0.717) is 0 Å². The van der Waals surface area contributed by atoms with Crippen LogP contribution in [0.4, 0.5) is 5.13 Å². The fourth-order valence-electron chi connectivity index (χ4n) is 2.57. The van der Waals surface area contributed by atoms with Crippen LogP contribution in [0.1, 0.15) is 23.4 Å². The van der Waals surface area contributed by atoms with Crippen LogP contribution >= 0.6 is 11.3 Å². The number of nitrogens with zero attached hydrogens (tertiary/aromatic N) is 3. The SMILES string of the molecule is Nc1nc2c(s1)CN(CCN1CCCC1)C2. The molecule has 0 saturated carbocycles. The third kappa shape index (κ3) is 2.07. The van der Waals surface area contributed by atoms with Crippen LogP contribution in [0.25, 0.3) is 0 Å². The van der Waals surface area contributed by atoms with Gasteiger partial charge in [-0.25, -0.2) is 4.98 Å². The van der Waals surface area contributed by atoms with E-state index in [1.54, 1.807) is 11.3 Å². The van der Waals surface area contributed by atoms with E-state index >= 15 is 0 Å². The molecule has 2 aliphatic heterocycles. The fraction of sp³-hybridized carbons (Fsp3) is 0.727. The summed E-state index contributed by atoms with van der Waals surface area (Å²) in [6, 6.07) is 0. The predicted molar refractivity (Wildman–Crippen MR) is 66.3 cm³/mol. The zero-order valence-corrected chi connectivity index (χ0v) is 10.3. The Balaban J connectivity index is 1.50. The Kier molecular flexibility index (Phi) is 2.83. The molecule has 4 nitrogen and oxygen atoms in total. The first-order valence-electron chi connectivity index (χ1n) is 6.00. The Morgan fingerprint density at radius 2 is 1.88 bits per heavy atom. The minimum atomic E-state index is 0.726. The van der Waals surface area contributed by atoms with Crippen molar-refractivity contribution in [2.75, 3.05) is 31.9 Å². The Hall–Kier alpha value is -0.650. The summed E-state index contributed by atoms with van der Waals surface area (Å²) < 4.78 is 0. The molecular formula is C11H18N4S.